The molecule has 0 aromatic heterocycles. The van der Waals surface area contributed by atoms with Gasteiger partial charge in [-0.05, 0) is 25.1 Å². The van der Waals surface area contributed by atoms with E-state index in [2.05, 4.69) is 33.9 Å². The molecule has 1 saturated heterocycles. The van der Waals surface area contributed by atoms with Crippen LogP contribution < -0.4 is 0 Å². The van der Waals surface area contributed by atoms with E-state index >= 15 is 0 Å². The van der Waals surface area contributed by atoms with Crippen LogP contribution in [0.5, 0.6) is 0 Å². The van der Waals surface area contributed by atoms with Gasteiger partial charge in [0.1, 0.15) is 6.10 Å². The first-order chi connectivity index (χ1) is 7.13. The molecule has 1 fully saturated rings. The minimum Gasteiger partial charge on any atom is -0.414 e. The molecular weight excluding hydrogens is 220 g/mol. The van der Waals surface area contributed by atoms with E-state index in [9.17, 15) is 5.11 Å². The molecule has 0 saturated carbocycles. The van der Waals surface area contributed by atoms with Crippen LogP contribution in [0.15, 0.2) is 0 Å². The second kappa shape index (κ2) is 4.76. The highest BCUT2D eigenvalue weighted by Gasteiger charge is 2.39. The molecule has 1 rings (SSSR count). The third-order valence-corrected chi connectivity index (χ3v) is 8.33. The van der Waals surface area contributed by atoms with Crippen molar-refractivity contribution in [2.75, 3.05) is 6.61 Å². The lowest BCUT2D eigenvalue weighted by atomic mass is 10.1. The minimum atomic E-state index is -1.72. The third-order valence-electron chi connectivity index (χ3n) is 3.82. The van der Waals surface area contributed by atoms with E-state index in [4.69, 9.17) is 9.16 Å². The van der Waals surface area contributed by atoms with Crippen molar-refractivity contribution in [3.05, 3.63) is 0 Å². The van der Waals surface area contributed by atoms with Crippen molar-refractivity contribution in [1.29, 1.82) is 0 Å². The standard InChI is InChI=1S/C12H26O3Si/c1-9-7-10(13)11(15-9)8-14-16(5,6)12(2,3)4/h9-11,13H,7-8H2,1-6H3/t9-,10?,11+/m0/s1. The number of ether oxygens (including phenoxy) is 1. The summed E-state index contributed by atoms with van der Waals surface area (Å²) in [6, 6.07) is 0. The Balaban J connectivity index is 2.46. The molecule has 1 heterocycles. The Hall–Kier alpha value is 0.0969. The second-order valence-corrected chi connectivity index (χ2v) is 11.2. The maximum Gasteiger partial charge on any atom is 0.192 e. The second-order valence-electron chi connectivity index (χ2n) is 6.36. The first kappa shape index (κ1) is 14.2. The Kier molecular flexibility index (Phi) is 4.22. The van der Waals surface area contributed by atoms with Crippen molar-refractivity contribution in [3.63, 3.8) is 0 Å². The van der Waals surface area contributed by atoms with E-state index in [1.807, 2.05) is 6.92 Å². The topological polar surface area (TPSA) is 38.7 Å². The molecule has 96 valence electrons. The van der Waals surface area contributed by atoms with Gasteiger partial charge >= 0.3 is 0 Å². The number of hydrogen-bond donors (Lipinski definition) is 1. The van der Waals surface area contributed by atoms with E-state index in [1.165, 1.54) is 0 Å². The average molecular weight is 246 g/mol. The van der Waals surface area contributed by atoms with Crippen molar-refractivity contribution in [1.82, 2.24) is 0 Å². The van der Waals surface area contributed by atoms with Gasteiger partial charge in [-0.1, -0.05) is 20.8 Å². The fraction of sp³-hybridized carbons (Fsp3) is 1.00. The first-order valence-electron chi connectivity index (χ1n) is 6.11. The summed E-state index contributed by atoms with van der Waals surface area (Å²) in [5, 5.41) is 9.98. The molecule has 0 spiro atoms. The van der Waals surface area contributed by atoms with Crippen molar-refractivity contribution in [2.24, 2.45) is 0 Å². The maximum atomic E-state index is 9.77. The van der Waals surface area contributed by atoms with Crippen molar-refractivity contribution >= 4 is 8.32 Å². The highest BCUT2D eigenvalue weighted by Crippen LogP contribution is 2.37. The summed E-state index contributed by atoms with van der Waals surface area (Å²) < 4.78 is 11.7. The van der Waals surface area contributed by atoms with E-state index < -0.39 is 8.32 Å². The summed E-state index contributed by atoms with van der Waals surface area (Å²) in [7, 11) is -1.72. The smallest absolute Gasteiger partial charge is 0.192 e. The summed E-state index contributed by atoms with van der Waals surface area (Å²) >= 11 is 0. The summed E-state index contributed by atoms with van der Waals surface area (Å²) in [4.78, 5) is 0. The summed E-state index contributed by atoms with van der Waals surface area (Å²) in [5.41, 5.74) is 0. The van der Waals surface area contributed by atoms with E-state index in [-0.39, 0.29) is 23.4 Å². The zero-order valence-electron chi connectivity index (χ0n) is 11.4. The summed E-state index contributed by atoms with van der Waals surface area (Å²) in [6.07, 6.45) is 0.387. The van der Waals surface area contributed by atoms with E-state index in [1.54, 1.807) is 0 Å². The molecule has 3 atom stereocenters. The number of rotatable bonds is 3. The van der Waals surface area contributed by atoms with Crippen LogP contribution in [0.25, 0.3) is 0 Å². The van der Waals surface area contributed by atoms with Gasteiger partial charge in [-0.3, -0.25) is 0 Å². The van der Waals surface area contributed by atoms with Crippen LogP contribution in [0.3, 0.4) is 0 Å². The lowest BCUT2D eigenvalue weighted by Gasteiger charge is -2.37. The van der Waals surface area contributed by atoms with Crippen molar-refractivity contribution in [3.8, 4) is 0 Å². The molecule has 1 N–H and O–H groups in total. The lowest BCUT2D eigenvalue weighted by Crippen LogP contribution is -2.43. The van der Waals surface area contributed by atoms with Crippen molar-refractivity contribution < 1.29 is 14.3 Å². The van der Waals surface area contributed by atoms with Crippen LogP contribution in [-0.2, 0) is 9.16 Å². The quantitative estimate of drug-likeness (QED) is 0.778. The van der Waals surface area contributed by atoms with E-state index in [0.29, 0.717) is 6.61 Å². The van der Waals surface area contributed by atoms with Crippen LogP contribution in [0, 0.1) is 0 Å². The van der Waals surface area contributed by atoms with Crippen LogP contribution in [0.4, 0.5) is 0 Å². The van der Waals surface area contributed by atoms with Gasteiger partial charge in [0.25, 0.3) is 0 Å². The molecule has 0 aromatic carbocycles. The van der Waals surface area contributed by atoms with Crippen LogP contribution in [0.1, 0.15) is 34.1 Å². The lowest BCUT2D eigenvalue weighted by molar-refractivity contribution is -0.0139. The minimum absolute atomic E-state index is 0.135. The van der Waals surface area contributed by atoms with Crippen molar-refractivity contribution in [2.45, 2.75) is 70.6 Å². The Morgan fingerprint density at radius 2 is 1.94 bits per heavy atom. The zero-order valence-corrected chi connectivity index (χ0v) is 12.4. The molecule has 1 aliphatic rings. The molecule has 16 heavy (non-hydrogen) atoms. The van der Waals surface area contributed by atoms with Crippen LogP contribution >= 0.6 is 0 Å². The number of hydrogen-bond acceptors (Lipinski definition) is 3. The average Bonchev–Trinajstić information content (AvgIpc) is 2.39. The molecule has 0 aliphatic carbocycles. The normalized spacial score (nSPS) is 32.1. The molecule has 4 heteroatoms. The molecule has 0 bridgehead atoms. The molecule has 1 aliphatic heterocycles. The third kappa shape index (κ3) is 3.29. The van der Waals surface area contributed by atoms with E-state index in [0.717, 1.165) is 6.42 Å². The number of aliphatic hydroxyl groups is 1. The molecule has 3 nitrogen and oxygen atoms in total. The molecule has 1 unspecified atom stereocenters. The highest BCUT2D eigenvalue weighted by atomic mass is 28.4. The summed E-state index contributed by atoms with van der Waals surface area (Å²) in [5.74, 6) is 0. The van der Waals surface area contributed by atoms with Gasteiger partial charge in [-0.15, -0.1) is 0 Å². The van der Waals surface area contributed by atoms with Gasteiger partial charge in [0.2, 0.25) is 0 Å². The predicted molar refractivity (Wildman–Crippen MR) is 68.1 cm³/mol. The zero-order chi connectivity index (χ0) is 12.6. The Morgan fingerprint density at radius 3 is 2.31 bits per heavy atom. The monoisotopic (exact) mass is 246 g/mol. The Morgan fingerprint density at radius 1 is 1.38 bits per heavy atom. The Labute approximate surface area is 100 Å². The van der Waals surface area contributed by atoms with Gasteiger partial charge in [0, 0.05) is 6.42 Å². The molecule has 0 radical (unpaired) electrons. The molecular formula is C12H26O3Si. The maximum absolute atomic E-state index is 9.77. The fourth-order valence-corrected chi connectivity index (χ4v) is 2.61. The molecule has 0 amide bonds. The largest absolute Gasteiger partial charge is 0.414 e. The first-order valence-corrected chi connectivity index (χ1v) is 9.02. The van der Waals surface area contributed by atoms with Gasteiger partial charge in [-0.2, -0.15) is 0 Å². The Bertz CT molecular complexity index is 235. The van der Waals surface area contributed by atoms with Gasteiger partial charge in [0.15, 0.2) is 8.32 Å². The highest BCUT2D eigenvalue weighted by molar-refractivity contribution is 6.74. The van der Waals surface area contributed by atoms with Gasteiger partial charge in [-0.25, -0.2) is 0 Å². The van der Waals surface area contributed by atoms with Gasteiger partial charge < -0.3 is 14.3 Å². The molecule has 0 aromatic rings. The fourth-order valence-electron chi connectivity index (χ4n) is 1.59. The van der Waals surface area contributed by atoms with Gasteiger partial charge in [0.05, 0.1) is 18.8 Å². The predicted octanol–water partition coefficient (Wildman–Crippen LogP) is 2.55. The number of aliphatic hydroxyl groups excluding tert-OH is 1. The SMILES string of the molecule is C[C@H]1CC(O)[C@@H](CO[Si](C)(C)C(C)(C)C)O1. The van der Waals surface area contributed by atoms with Crippen LogP contribution in [-0.4, -0.2) is 38.3 Å². The van der Waals surface area contributed by atoms with Crippen LogP contribution in [0.2, 0.25) is 18.1 Å². The summed E-state index contributed by atoms with van der Waals surface area (Å²) in [6.45, 7) is 13.6.